The third kappa shape index (κ3) is 2.00. The van der Waals surface area contributed by atoms with Crippen molar-refractivity contribution in [3.05, 3.63) is 42.0 Å². The summed E-state index contributed by atoms with van der Waals surface area (Å²) in [5.41, 5.74) is 0.812. The molecule has 2 rings (SSSR count). The van der Waals surface area contributed by atoms with Gasteiger partial charge < -0.3 is 5.11 Å². The van der Waals surface area contributed by atoms with Crippen LogP contribution >= 0.6 is 0 Å². The first-order chi connectivity index (χ1) is 7.68. The summed E-state index contributed by atoms with van der Waals surface area (Å²) >= 11 is 0. The fraction of sp³-hybridized carbons (Fsp3) is 0.167. The van der Waals surface area contributed by atoms with Gasteiger partial charge in [0.15, 0.2) is 0 Å². The van der Waals surface area contributed by atoms with Gasteiger partial charge in [-0.2, -0.15) is 0 Å². The highest BCUT2D eigenvalue weighted by atomic mass is 19.1. The van der Waals surface area contributed by atoms with Crippen molar-refractivity contribution in [3.63, 3.8) is 0 Å². The molecule has 4 heteroatoms. The molecular formula is C12H10FNO2. The van der Waals surface area contributed by atoms with Crippen molar-refractivity contribution in [1.82, 2.24) is 4.98 Å². The minimum absolute atomic E-state index is 0.0373. The van der Waals surface area contributed by atoms with E-state index in [9.17, 15) is 9.18 Å². The molecule has 82 valence electrons. The molecule has 0 radical (unpaired) electrons. The van der Waals surface area contributed by atoms with Gasteiger partial charge in [-0.1, -0.05) is 6.07 Å². The van der Waals surface area contributed by atoms with Crippen LogP contribution in [0.15, 0.2) is 30.6 Å². The van der Waals surface area contributed by atoms with E-state index in [-0.39, 0.29) is 12.2 Å². The monoisotopic (exact) mass is 219 g/mol. The van der Waals surface area contributed by atoms with Gasteiger partial charge in [0, 0.05) is 29.6 Å². The zero-order valence-corrected chi connectivity index (χ0v) is 8.48. The summed E-state index contributed by atoms with van der Waals surface area (Å²) in [4.78, 5) is 14.4. The van der Waals surface area contributed by atoms with Gasteiger partial charge in [-0.05, 0) is 24.1 Å². The molecule has 0 atom stereocenters. The van der Waals surface area contributed by atoms with Gasteiger partial charge in [0.05, 0.1) is 0 Å². The van der Waals surface area contributed by atoms with Crippen LogP contribution in [0.2, 0.25) is 0 Å². The lowest BCUT2D eigenvalue weighted by Gasteiger charge is -2.05. The van der Waals surface area contributed by atoms with E-state index in [1.165, 1.54) is 12.3 Å². The van der Waals surface area contributed by atoms with Crippen LogP contribution in [0.1, 0.15) is 12.0 Å². The number of hydrogen-bond acceptors (Lipinski definition) is 2. The molecule has 1 aromatic heterocycles. The summed E-state index contributed by atoms with van der Waals surface area (Å²) in [5, 5.41) is 9.78. The van der Waals surface area contributed by atoms with Gasteiger partial charge in [-0.25, -0.2) is 4.39 Å². The van der Waals surface area contributed by atoms with E-state index in [0.29, 0.717) is 17.2 Å². The fourth-order valence-electron chi connectivity index (χ4n) is 1.67. The van der Waals surface area contributed by atoms with Gasteiger partial charge in [0.25, 0.3) is 0 Å². The van der Waals surface area contributed by atoms with Crippen LogP contribution in [-0.4, -0.2) is 16.1 Å². The maximum absolute atomic E-state index is 13.4. The SMILES string of the molecule is O=C(O)CCc1ccc(F)c2ccncc12. The smallest absolute Gasteiger partial charge is 0.303 e. The number of halogens is 1. The predicted octanol–water partition coefficient (Wildman–Crippen LogP) is 2.39. The highest BCUT2D eigenvalue weighted by molar-refractivity contribution is 5.85. The molecule has 1 heterocycles. The quantitative estimate of drug-likeness (QED) is 0.862. The number of pyridine rings is 1. The number of fused-ring (bicyclic) bond motifs is 1. The number of benzene rings is 1. The minimum Gasteiger partial charge on any atom is -0.481 e. The number of carbonyl (C=O) groups is 1. The summed E-state index contributed by atoms with van der Waals surface area (Å²) in [6, 6.07) is 4.57. The van der Waals surface area contributed by atoms with Gasteiger partial charge >= 0.3 is 5.97 Å². The van der Waals surface area contributed by atoms with E-state index in [1.807, 2.05) is 0 Å². The number of carboxylic acid groups (broad SMARTS) is 1. The number of nitrogens with zero attached hydrogens (tertiary/aromatic N) is 1. The molecule has 2 aromatic rings. The first-order valence-corrected chi connectivity index (χ1v) is 4.91. The molecule has 0 bridgehead atoms. The van der Waals surface area contributed by atoms with E-state index < -0.39 is 5.97 Å². The van der Waals surface area contributed by atoms with E-state index in [4.69, 9.17) is 5.11 Å². The van der Waals surface area contributed by atoms with Crippen molar-refractivity contribution >= 4 is 16.7 Å². The lowest BCUT2D eigenvalue weighted by molar-refractivity contribution is -0.136. The van der Waals surface area contributed by atoms with Gasteiger partial charge in [-0.3, -0.25) is 9.78 Å². The molecular weight excluding hydrogens is 209 g/mol. The first-order valence-electron chi connectivity index (χ1n) is 4.91. The Balaban J connectivity index is 2.46. The Bertz CT molecular complexity index is 540. The second-order valence-electron chi connectivity index (χ2n) is 3.52. The Morgan fingerprint density at radius 2 is 2.12 bits per heavy atom. The molecule has 16 heavy (non-hydrogen) atoms. The number of rotatable bonds is 3. The molecule has 0 unspecified atom stereocenters. The second kappa shape index (κ2) is 4.26. The normalized spacial score (nSPS) is 10.6. The molecule has 3 nitrogen and oxygen atoms in total. The zero-order valence-electron chi connectivity index (χ0n) is 8.48. The molecule has 0 saturated heterocycles. The topological polar surface area (TPSA) is 50.2 Å². The lowest BCUT2D eigenvalue weighted by Crippen LogP contribution is -1.98. The average Bonchev–Trinajstić information content (AvgIpc) is 2.28. The highest BCUT2D eigenvalue weighted by Gasteiger charge is 2.07. The highest BCUT2D eigenvalue weighted by Crippen LogP contribution is 2.21. The molecule has 0 aliphatic carbocycles. The van der Waals surface area contributed by atoms with Gasteiger partial charge in [0.1, 0.15) is 5.82 Å². The van der Waals surface area contributed by atoms with Gasteiger partial charge in [0.2, 0.25) is 0 Å². The van der Waals surface area contributed by atoms with Crippen LogP contribution in [-0.2, 0) is 11.2 Å². The summed E-state index contributed by atoms with van der Waals surface area (Å²) < 4.78 is 13.4. The molecule has 1 N–H and O–H groups in total. The lowest BCUT2D eigenvalue weighted by atomic mass is 10.0. The van der Waals surface area contributed by atoms with Crippen LogP contribution in [0.25, 0.3) is 10.8 Å². The molecule has 1 aromatic carbocycles. The van der Waals surface area contributed by atoms with Crippen molar-refractivity contribution in [1.29, 1.82) is 0 Å². The third-order valence-corrected chi connectivity index (χ3v) is 2.46. The molecule has 0 saturated carbocycles. The maximum atomic E-state index is 13.4. The molecule has 0 aliphatic rings. The Kier molecular flexibility index (Phi) is 2.81. The number of aromatic nitrogens is 1. The Morgan fingerprint density at radius 3 is 2.88 bits per heavy atom. The second-order valence-corrected chi connectivity index (χ2v) is 3.52. The minimum atomic E-state index is -0.860. The predicted molar refractivity (Wildman–Crippen MR) is 57.7 cm³/mol. The van der Waals surface area contributed by atoms with Crippen LogP contribution in [0, 0.1) is 5.82 Å². The van der Waals surface area contributed by atoms with Crippen molar-refractivity contribution in [2.24, 2.45) is 0 Å². The van der Waals surface area contributed by atoms with Crippen LogP contribution in [0.3, 0.4) is 0 Å². The largest absolute Gasteiger partial charge is 0.481 e. The van der Waals surface area contributed by atoms with E-state index >= 15 is 0 Å². The zero-order chi connectivity index (χ0) is 11.5. The summed E-state index contributed by atoms with van der Waals surface area (Å²) in [5.74, 6) is -1.17. The summed E-state index contributed by atoms with van der Waals surface area (Å²) in [7, 11) is 0. The standard InChI is InChI=1S/C12H10FNO2/c13-11-3-1-8(2-4-12(15)16)10-7-14-6-5-9(10)11/h1,3,5-7H,2,4H2,(H,15,16). The average molecular weight is 219 g/mol. The fourth-order valence-corrected chi connectivity index (χ4v) is 1.67. The Hall–Kier alpha value is -1.97. The van der Waals surface area contributed by atoms with Crippen LogP contribution in [0.4, 0.5) is 4.39 Å². The molecule has 0 fully saturated rings. The molecule has 0 aliphatic heterocycles. The van der Waals surface area contributed by atoms with Crippen molar-refractivity contribution in [3.8, 4) is 0 Å². The number of carboxylic acids is 1. The summed E-state index contributed by atoms with van der Waals surface area (Å²) in [6.07, 6.45) is 3.51. The summed E-state index contributed by atoms with van der Waals surface area (Å²) in [6.45, 7) is 0. The first kappa shape index (κ1) is 10.5. The van der Waals surface area contributed by atoms with Crippen molar-refractivity contribution in [2.45, 2.75) is 12.8 Å². The molecule has 0 spiro atoms. The van der Waals surface area contributed by atoms with E-state index in [2.05, 4.69) is 4.98 Å². The Labute approximate surface area is 91.5 Å². The third-order valence-electron chi connectivity index (χ3n) is 2.46. The number of hydrogen-bond donors (Lipinski definition) is 1. The number of aliphatic carboxylic acids is 1. The van der Waals surface area contributed by atoms with Crippen LogP contribution < -0.4 is 0 Å². The van der Waals surface area contributed by atoms with Gasteiger partial charge in [-0.15, -0.1) is 0 Å². The Morgan fingerprint density at radius 1 is 1.31 bits per heavy atom. The number of aryl methyl sites for hydroxylation is 1. The van der Waals surface area contributed by atoms with E-state index in [1.54, 1.807) is 18.3 Å². The van der Waals surface area contributed by atoms with Crippen LogP contribution in [0.5, 0.6) is 0 Å². The maximum Gasteiger partial charge on any atom is 0.303 e. The van der Waals surface area contributed by atoms with E-state index in [0.717, 1.165) is 5.56 Å². The molecule has 0 amide bonds. The van der Waals surface area contributed by atoms with Crippen molar-refractivity contribution < 1.29 is 14.3 Å². The van der Waals surface area contributed by atoms with Crippen molar-refractivity contribution in [2.75, 3.05) is 0 Å².